The lowest BCUT2D eigenvalue weighted by Crippen LogP contribution is -2.35. The van der Waals surface area contributed by atoms with E-state index in [1.807, 2.05) is 6.07 Å². The van der Waals surface area contributed by atoms with Crippen molar-refractivity contribution in [3.05, 3.63) is 0 Å². The molecule has 1 aliphatic heterocycles. The van der Waals surface area contributed by atoms with Gasteiger partial charge in [-0.2, -0.15) is 5.26 Å². The lowest BCUT2D eigenvalue weighted by Gasteiger charge is -2.27. The molecular formula is C11H19N3O. The normalized spacial score (nSPS) is 22.8. The van der Waals surface area contributed by atoms with Crippen LogP contribution in [0.25, 0.3) is 0 Å². The summed E-state index contributed by atoms with van der Waals surface area (Å²) >= 11 is 0. The molecule has 0 aromatic carbocycles. The van der Waals surface area contributed by atoms with Gasteiger partial charge in [-0.1, -0.05) is 6.92 Å². The summed E-state index contributed by atoms with van der Waals surface area (Å²) in [5.74, 6) is 0.998. The maximum atomic E-state index is 11.4. The van der Waals surface area contributed by atoms with Crippen LogP contribution in [0, 0.1) is 23.2 Å². The molecule has 0 bridgehead atoms. The zero-order valence-electron chi connectivity index (χ0n) is 9.25. The predicted octanol–water partition coefficient (Wildman–Crippen LogP) is 0.652. The van der Waals surface area contributed by atoms with E-state index in [0.29, 0.717) is 18.3 Å². The molecule has 0 aromatic rings. The molecule has 0 saturated carbocycles. The molecule has 84 valence electrons. The Morgan fingerprint density at radius 1 is 1.73 bits per heavy atom. The van der Waals surface area contributed by atoms with Crippen LogP contribution in [-0.2, 0) is 4.79 Å². The minimum absolute atomic E-state index is 0.00498. The van der Waals surface area contributed by atoms with Gasteiger partial charge in [0.2, 0.25) is 5.91 Å². The number of carbonyl (C=O) groups excluding carboxylic acids is 1. The van der Waals surface area contributed by atoms with Crippen LogP contribution in [0.1, 0.15) is 26.2 Å². The largest absolute Gasteiger partial charge is 0.343 e. The summed E-state index contributed by atoms with van der Waals surface area (Å²) in [4.78, 5) is 11.4. The molecule has 0 aliphatic carbocycles. The second kappa shape index (κ2) is 6.41. The summed E-state index contributed by atoms with van der Waals surface area (Å²) in [6, 6.07) is 1.91. The molecule has 2 unspecified atom stereocenters. The van der Waals surface area contributed by atoms with Gasteiger partial charge in [0.05, 0.1) is 6.07 Å². The Kier molecular flexibility index (Phi) is 5.13. The van der Waals surface area contributed by atoms with Crippen LogP contribution < -0.4 is 10.6 Å². The number of amides is 1. The molecule has 2 atom stereocenters. The van der Waals surface area contributed by atoms with Crippen molar-refractivity contribution in [2.75, 3.05) is 19.6 Å². The van der Waals surface area contributed by atoms with Crippen LogP contribution >= 0.6 is 0 Å². The van der Waals surface area contributed by atoms with E-state index in [9.17, 15) is 4.79 Å². The summed E-state index contributed by atoms with van der Waals surface area (Å²) in [7, 11) is 0. The molecule has 15 heavy (non-hydrogen) atoms. The van der Waals surface area contributed by atoms with Crippen LogP contribution in [-0.4, -0.2) is 25.5 Å². The highest BCUT2D eigenvalue weighted by molar-refractivity contribution is 5.76. The molecule has 0 radical (unpaired) electrons. The Balaban J connectivity index is 2.24. The van der Waals surface area contributed by atoms with Crippen molar-refractivity contribution in [2.24, 2.45) is 11.8 Å². The van der Waals surface area contributed by atoms with Gasteiger partial charge in [0.15, 0.2) is 0 Å². The highest BCUT2D eigenvalue weighted by atomic mass is 16.1. The number of nitrogens with zero attached hydrogens (tertiary/aromatic N) is 1. The van der Waals surface area contributed by atoms with Gasteiger partial charge in [0.1, 0.15) is 6.54 Å². The van der Waals surface area contributed by atoms with Crippen molar-refractivity contribution in [3.63, 3.8) is 0 Å². The lowest BCUT2D eigenvalue weighted by atomic mass is 9.85. The smallest absolute Gasteiger partial charge is 0.221 e. The maximum Gasteiger partial charge on any atom is 0.221 e. The summed E-state index contributed by atoms with van der Waals surface area (Å²) < 4.78 is 0. The molecule has 1 rings (SSSR count). The van der Waals surface area contributed by atoms with E-state index < -0.39 is 0 Å². The van der Waals surface area contributed by atoms with Gasteiger partial charge in [-0.15, -0.1) is 0 Å². The molecule has 1 heterocycles. The van der Waals surface area contributed by atoms with Crippen molar-refractivity contribution in [1.82, 2.24) is 10.6 Å². The number of nitriles is 1. The van der Waals surface area contributed by atoms with Gasteiger partial charge >= 0.3 is 0 Å². The first kappa shape index (κ1) is 12.0. The van der Waals surface area contributed by atoms with Gasteiger partial charge < -0.3 is 10.6 Å². The summed E-state index contributed by atoms with van der Waals surface area (Å²) in [5.41, 5.74) is 0. The Morgan fingerprint density at radius 2 is 2.53 bits per heavy atom. The Labute approximate surface area is 91.0 Å². The molecule has 1 aliphatic rings. The summed E-state index contributed by atoms with van der Waals surface area (Å²) in [5, 5.41) is 14.3. The number of rotatable bonds is 4. The number of nitrogens with one attached hydrogen (secondary N) is 2. The zero-order chi connectivity index (χ0) is 11.1. The molecule has 4 nitrogen and oxygen atoms in total. The van der Waals surface area contributed by atoms with E-state index in [2.05, 4.69) is 17.6 Å². The van der Waals surface area contributed by atoms with Crippen molar-refractivity contribution in [2.45, 2.75) is 26.2 Å². The van der Waals surface area contributed by atoms with Crippen LogP contribution in [0.15, 0.2) is 0 Å². The molecule has 0 spiro atoms. The van der Waals surface area contributed by atoms with Crippen LogP contribution in [0.3, 0.4) is 0 Å². The first-order valence-electron chi connectivity index (χ1n) is 5.58. The average molecular weight is 209 g/mol. The van der Waals surface area contributed by atoms with Crippen LogP contribution in [0.2, 0.25) is 0 Å². The van der Waals surface area contributed by atoms with E-state index in [1.165, 1.54) is 12.8 Å². The van der Waals surface area contributed by atoms with E-state index in [4.69, 9.17) is 5.26 Å². The second-order valence-electron chi connectivity index (χ2n) is 4.22. The topological polar surface area (TPSA) is 64.9 Å². The van der Waals surface area contributed by atoms with E-state index >= 15 is 0 Å². The minimum atomic E-state index is -0.00498. The van der Waals surface area contributed by atoms with Gasteiger partial charge in [0, 0.05) is 6.42 Å². The van der Waals surface area contributed by atoms with E-state index in [0.717, 1.165) is 13.1 Å². The molecule has 2 N–H and O–H groups in total. The quantitative estimate of drug-likeness (QED) is 0.668. The van der Waals surface area contributed by atoms with Crippen LogP contribution in [0.4, 0.5) is 0 Å². The molecule has 1 amide bonds. The van der Waals surface area contributed by atoms with Gasteiger partial charge in [-0.05, 0) is 37.8 Å². The first-order valence-corrected chi connectivity index (χ1v) is 5.58. The summed E-state index contributed by atoms with van der Waals surface area (Å²) in [6.45, 7) is 4.36. The van der Waals surface area contributed by atoms with Crippen molar-refractivity contribution in [1.29, 1.82) is 5.26 Å². The minimum Gasteiger partial charge on any atom is -0.343 e. The fourth-order valence-corrected chi connectivity index (χ4v) is 2.03. The van der Waals surface area contributed by atoms with Crippen molar-refractivity contribution in [3.8, 4) is 6.07 Å². The number of carbonyl (C=O) groups is 1. The van der Waals surface area contributed by atoms with E-state index in [1.54, 1.807) is 0 Å². The Hall–Kier alpha value is -1.08. The standard InChI is InChI=1S/C11H19N3O/c1-9(7-11(15)14-6-4-12)10-3-2-5-13-8-10/h9-10,13H,2-3,5-8H2,1H3,(H,14,15). The lowest BCUT2D eigenvalue weighted by molar-refractivity contribution is -0.122. The SMILES string of the molecule is CC(CC(=O)NCC#N)C1CCCNC1. The molecule has 1 fully saturated rings. The second-order valence-corrected chi connectivity index (χ2v) is 4.22. The van der Waals surface area contributed by atoms with Crippen molar-refractivity contribution < 1.29 is 4.79 Å². The highest BCUT2D eigenvalue weighted by Gasteiger charge is 2.21. The molecular weight excluding hydrogens is 190 g/mol. The fourth-order valence-electron chi connectivity index (χ4n) is 2.03. The maximum absolute atomic E-state index is 11.4. The monoisotopic (exact) mass is 209 g/mol. The highest BCUT2D eigenvalue weighted by Crippen LogP contribution is 2.22. The molecule has 0 aromatic heterocycles. The van der Waals surface area contributed by atoms with Gasteiger partial charge in [-0.3, -0.25) is 4.79 Å². The average Bonchev–Trinajstić information content (AvgIpc) is 2.27. The van der Waals surface area contributed by atoms with E-state index in [-0.39, 0.29) is 12.5 Å². The van der Waals surface area contributed by atoms with Crippen molar-refractivity contribution >= 4 is 5.91 Å². The first-order chi connectivity index (χ1) is 7.24. The third-order valence-corrected chi connectivity index (χ3v) is 3.01. The van der Waals surface area contributed by atoms with Gasteiger partial charge in [0.25, 0.3) is 0 Å². The Morgan fingerprint density at radius 3 is 3.13 bits per heavy atom. The number of hydrogen-bond acceptors (Lipinski definition) is 3. The zero-order valence-corrected chi connectivity index (χ0v) is 9.25. The van der Waals surface area contributed by atoms with Crippen LogP contribution in [0.5, 0.6) is 0 Å². The number of piperidine rings is 1. The predicted molar refractivity (Wildman–Crippen MR) is 58.0 cm³/mol. The third kappa shape index (κ3) is 4.30. The number of hydrogen-bond donors (Lipinski definition) is 2. The third-order valence-electron chi connectivity index (χ3n) is 3.01. The molecule has 4 heteroatoms. The molecule has 1 saturated heterocycles. The Bertz CT molecular complexity index is 241. The fraction of sp³-hybridized carbons (Fsp3) is 0.818. The summed E-state index contributed by atoms with van der Waals surface area (Å²) in [6.07, 6.45) is 2.95. The van der Waals surface area contributed by atoms with Gasteiger partial charge in [-0.25, -0.2) is 0 Å².